The van der Waals surface area contributed by atoms with Crippen molar-refractivity contribution in [2.45, 2.75) is 45.3 Å². The number of hydrogen-bond acceptors (Lipinski definition) is 5. The molecule has 2 heterocycles. The Bertz CT molecular complexity index is 1750. The number of alkyl halides is 2. The summed E-state index contributed by atoms with van der Waals surface area (Å²) in [6.07, 6.45) is 1.71. The number of halogens is 4. The van der Waals surface area contributed by atoms with E-state index in [-0.39, 0.29) is 39.3 Å². The van der Waals surface area contributed by atoms with Crippen molar-refractivity contribution >= 4 is 41.8 Å². The van der Waals surface area contributed by atoms with Crippen molar-refractivity contribution < 1.29 is 37.8 Å². The van der Waals surface area contributed by atoms with Crippen molar-refractivity contribution in [1.29, 1.82) is 0 Å². The first-order valence-electron chi connectivity index (χ1n) is 14.2. The number of carbonyl (C=O) groups is 3. The van der Waals surface area contributed by atoms with Gasteiger partial charge in [0.15, 0.2) is 0 Å². The Balaban J connectivity index is 1.87. The van der Waals surface area contributed by atoms with E-state index in [1.54, 1.807) is 34.9 Å². The molecule has 0 spiro atoms. The minimum atomic E-state index is -2.90. The highest BCUT2D eigenvalue weighted by atomic mass is 35.5. The molecule has 0 saturated carbocycles. The van der Waals surface area contributed by atoms with Gasteiger partial charge in [-0.2, -0.15) is 18.9 Å². The lowest BCUT2D eigenvalue weighted by Gasteiger charge is -2.35. The lowest BCUT2D eigenvalue weighted by molar-refractivity contribution is -0.135. The number of carboxylic acid groups (broad SMARTS) is 1. The van der Waals surface area contributed by atoms with Crippen LogP contribution >= 0.6 is 11.6 Å². The molecular weight excluding hydrogens is 643 g/mol. The van der Waals surface area contributed by atoms with E-state index in [1.807, 2.05) is 0 Å². The number of hydrogen-bond donors (Lipinski definition) is 3. The Morgan fingerprint density at radius 1 is 1.17 bits per heavy atom. The van der Waals surface area contributed by atoms with E-state index in [4.69, 9.17) is 11.6 Å². The van der Waals surface area contributed by atoms with Crippen molar-refractivity contribution in [1.82, 2.24) is 24.9 Å². The van der Waals surface area contributed by atoms with Gasteiger partial charge in [0.2, 0.25) is 5.96 Å². The number of benzene rings is 2. The average molecular weight is 676 g/mol. The SMILES string of the molecule is CN(C)C=NC(=O)c1cc([C@@H](CO)N2C(=O)C(CC(C)(C)C)(c3ccc(-c4cnn(C(F)F)c4)cc3F)NC2=NC(=O)O)ccc1Cl. The van der Waals surface area contributed by atoms with Gasteiger partial charge in [-0.05, 0) is 41.2 Å². The monoisotopic (exact) mass is 675 g/mol. The number of aromatic nitrogens is 2. The summed E-state index contributed by atoms with van der Waals surface area (Å²) >= 11 is 6.28. The van der Waals surface area contributed by atoms with E-state index in [9.17, 15) is 33.4 Å². The number of aliphatic hydroxyl groups excluding tert-OH is 1. The van der Waals surface area contributed by atoms with Crippen molar-refractivity contribution in [3.05, 3.63) is 76.3 Å². The van der Waals surface area contributed by atoms with Crippen molar-refractivity contribution in [2.24, 2.45) is 15.4 Å². The summed E-state index contributed by atoms with van der Waals surface area (Å²) in [6, 6.07) is 6.63. The quantitative estimate of drug-likeness (QED) is 0.204. The molecule has 12 nitrogen and oxygen atoms in total. The van der Waals surface area contributed by atoms with E-state index in [2.05, 4.69) is 20.4 Å². The topological polar surface area (TPSA) is 153 Å². The van der Waals surface area contributed by atoms with Gasteiger partial charge >= 0.3 is 12.6 Å². The fraction of sp³-hybridized carbons (Fsp3) is 0.355. The summed E-state index contributed by atoms with van der Waals surface area (Å²) in [5.41, 5.74) is -2.24. The van der Waals surface area contributed by atoms with Gasteiger partial charge in [-0.15, -0.1) is 4.99 Å². The lowest BCUT2D eigenvalue weighted by Crippen LogP contribution is -2.47. The molecule has 1 saturated heterocycles. The summed E-state index contributed by atoms with van der Waals surface area (Å²) < 4.78 is 42.7. The number of nitrogens with one attached hydrogen (secondary N) is 1. The molecule has 2 aromatic carbocycles. The van der Waals surface area contributed by atoms with Crippen LogP contribution < -0.4 is 5.32 Å². The van der Waals surface area contributed by atoms with Gasteiger partial charge < -0.3 is 20.4 Å². The Morgan fingerprint density at radius 2 is 1.87 bits per heavy atom. The van der Waals surface area contributed by atoms with Crippen LogP contribution in [0, 0.1) is 11.2 Å². The third kappa shape index (κ3) is 7.46. The van der Waals surface area contributed by atoms with Crippen molar-refractivity contribution in [3.63, 3.8) is 0 Å². The molecule has 3 N–H and O–H groups in total. The molecule has 1 aromatic heterocycles. The maximum absolute atomic E-state index is 16.1. The standard InChI is InChI=1S/C31H33ClF3N7O5/c1-30(2,3)15-31(21-8-6-17(11-23(21)33)19-12-37-41(13-19)27(34)35)26(45)42(28(39-31)38-29(46)47)24(14-43)18-7-9-22(32)20(10-18)25(44)36-16-40(4)5/h6-13,16,24,27,43H,14-15H2,1-5H3,(H,38,39)(H,46,47)/t24-,31?/m1/s1. The van der Waals surface area contributed by atoms with Crippen molar-refractivity contribution in [3.8, 4) is 11.1 Å². The van der Waals surface area contributed by atoms with Gasteiger partial charge in [-0.25, -0.2) is 13.9 Å². The molecule has 250 valence electrons. The smallest absolute Gasteiger partial charge is 0.434 e. The number of nitrogens with zero attached hydrogens (tertiary/aromatic N) is 6. The number of guanidine groups is 1. The Labute approximate surface area is 273 Å². The fourth-order valence-corrected chi connectivity index (χ4v) is 5.58. The molecule has 0 bridgehead atoms. The number of aliphatic hydroxyl groups is 1. The molecule has 1 fully saturated rings. The van der Waals surface area contributed by atoms with Gasteiger partial charge in [0.05, 0.1) is 35.8 Å². The largest absolute Gasteiger partial charge is 0.463 e. The van der Waals surface area contributed by atoms with Crippen LogP contribution in [0.4, 0.5) is 18.0 Å². The van der Waals surface area contributed by atoms with Gasteiger partial charge in [-0.3, -0.25) is 14.5 Å². The Morgan fingerprint density at radius 3 is 2.43 bits per heavy atom. The zero-order valence-electron chi connectivity index (χ0n) is 26.1. The van der Waals surface area contributed by atoms with E-state index < -0.39 is 59.8 Å². The Kier molecular flexibility index (Phi) is 10.1. The van der Waals surface area contributed by atoms with Crippen LogP contribution in [0.1, 0.15) is 61.3 Å². The summed E-state index contributed by atoms with van der Waals surface area (Å²) in [5.74, 6) is -2.93. The first-order valence-corrected chi connectivity index (χ1v) is 14.6. The van der Waals surface area contributed by atoms with E-state index in [1.165, 1.54) is 41.6 Å². The van der Waals surface area contributed by atoms with Crippen LogP contribution in [0.25, 0.3) is 11.1 Å². The zero-order chi connectivity index (χ0) is 34.8. The average Bonchev–Trinajstić information content (AvgIpc) is 3.56. The summed E-state index contributed by atoms with van der Waals surface area (Å²) in [7, 11) is 3.32. The van der Waals surface area contributed by atoms with Gasteiger partial charge in [0.1, 0.15) is 11.4 Å². The second-order valence-electron chi connectivity index (χ2n) is 12.3. The predicted molar refractivity (Wildman–Crippen MR) is 168 cm³/mol. The molecule has 1 aliphatic rings. The van der Waals surface area contributed by atoms with Crippen LogP contribution in [0.3, 0.4) is 0 Å². The molecule has 0 aliphatic carbocycles. The van der Waals surface area contributed by atoms with Crippen LogP contribution in [0.15, 0.2) is 58.8 Å². The van der Waals surface area contributed by atoms with E-state index >= 15 is 4.39 Å². The van der Waals surface area contributed by atoms with Crippen molar-refractivity contribution in [2.75, 3.05) is 20.7 Å². The molecule has 1 unspecified atom stereocenters. The van der Waals surface area contributed by atoms with Crippen LogP contribution in [0.2, 0.25) is 5.02 Å². The highest BCUT2D eigenvalue weighted by molar-refractivity contribution is 6.34. The second-order valence-corrected chi connectivity index (χ2v) is 12.7. The Hall–Kier alpha value is -4.76. The molecule has 3 aromatic rings. The highest BCUT2D eigenvalue weighted by Crippen LogP contribution is 2.44. The fourth-order valence-electron chi connectivity index (χ4n) is 5.38. The van der Waals surface area contributed by atoms with Gasteiger partial charge in [0.25, 0.3) is 11.8 Å². The molecular formula is C31H33ClF3N7O5. The highest BCUT2D eigenvalue weighted by Gasteiger charge is 2.56. The number of carbonyl (C=O) groups excluding carboxylic acids is 2. The van der Waals surface area contributed by atoms with Crippen LogP contribution in [0.5, 0.6) is 0 Å². The third-order valence-corrected chi connectivity index (χ3v) is 7.52. The predicted octanol–water partition coefficient (Wildman–Crippen LogP) is 5.30. The normalized spacial score (nSPS) is 18.3. The zero-order valence-corrected chi connectivity index (χ0v) is 26.8. The first-order chi connectivity index (χ1) is 22.0. The van der Waals surface area contributed by atoms with Crippen LogP contribution in [-0.2, 0) is 10.3 Å². The second kappa shape index (κ2) is 13.5. The van der Waals surface area contributed by atoms with E-state index in [0.717, 1.165) is 23.4 Å². The maximum atomic E-state index is 16.1. The summed E-state index contributed by atoms with van der Waals surface area (Å²) in [6.45, 7) is 1.71. The minimum Gasteiger partial charge on any atom is -0.463 e. The maximum Gasteiger partial charge on any atom is 0.434 e. The van der Waals surface area contributed by atoms with E-state index in [0.29, 0.717) is 4.68 Å². The van der Waals surface area contributed by atoms with Crippen LogP contribution in [-0.4, -0.2) is 80.7 Å². The molecule has 4 rings (SSSR count). The van der Waals surface area contributed by atoms with Gasteiger partial charge in [0, 0.05) is 31.4 Å². The minimum absolute atomic E-state index is 0.0416. The molecule has 47 heavy (non-hydrogen) atoms. The number of amides is 3. The molecule has 0 radical (unpaired) electrons. The first kappa shape index (κ1) is 35.1. The summed E-state index contributed by atoms with van der Waals surface area (Å²) in [5, 5.41) is 26.7. The number of rotatable bonds is 9. The number of aliphatic imine (C=N–C) groups is 2. The summed E-state index contributed by atoms with van der Waals surface area (Å²) in [4.78, 5) is 49.2. The molecule has 16 heteroatoms. The molecule has 3 amide bonds. The third-order valence-electron chi connectivity index (χ3n) is 7.19. The molecule has 2 atom stereocenters. The van der Waals surface area contributed by atoms with Gasteiger partial charge in [-0.1, -0.05) is 50.6 Å². The lowest BCUT2D eigenvalue weighted by atomic mass is 9.75. The molecule has 1 aliphatic heterocycles.